The number of carbonyl (C=O) groups is 1. The quantitative estimate of drug-likeness (QED) is 0.815. The van der Waals surface area contributed by atoms with E-state index in [9.17, 15) is 4.79 Å². The third-order valence-corrected chi connectivity index (χ3v) is 5.55. The molecule has 0 saturated carbocycles. The van der Waals surface area contributed by atoms with Gasteiger partial charge in [-0.3, -0.25) is 9.69 Å². The van der Waals surface area contributed by atoms with Gasteiger partial charge in [0.25, 0.3) is 0 Å². The summed E-state index contributed by atoms with van der Waals surface area (Å²) in [5.41, 5.74) is 1.20. The third kappa shape index (κ3) is 4.81. The maximum atomic E-state index is 13.2. The van der Waals surface area contributed by atoms with Crippen molar-refractivity contribution in [1.29, 1.82) is 0 Å². The molecule has 2 fully saturated rings. The second kappa shape index (κ2) is 8.79. The molecular formula is C20H31N3O2. The van der Waals surface area contributed by atoms with Crippen molar-refractivity contribution >= 4 is 5.91 Å². The van der Waals surface area contributed by atoms with Gasteiger partial charge in [0.15, 0.2) is 0 Å². The first kappa shape index (κ1) is 18.4. The Morgan fingerprint density at radius 1 is 1.24 bits per heavy atom. The number of benzene rings is 1. The van der Waals surface area contributed by atoms with E-state index in [0.717, 1.165) is 45.9 Å². The molecule has 2 aliphatic rings. The van der Waals surface area contributed by atoms with Gasteiger partial charge in [-0.1, -0.05) is 37.3 Å². The van der Waals surface area contributed by atoms with Crippen LogP contribution in [0.4, 0.5) is 0 Å². The van der Waals surface area contributed by atoms with Crippen LogP contribution < -0.4 is 5.32 Å². The number of amides is 1. The van der Waals surface area contributed by atoms with Crippen molar-refractivity contribution in [3.63, 3.8) is 0 Å². The Labute approximate surface area is 151 Å². The Morgan fingerprint density at radius 2 is 1.92 bits per heavy atom. The van der Waals surface area contributed by atoms with Gasteiger partial charge < -0.3 is 15.0 Å². The molecule has 25 heavy (non-hydrogen) atoms. The van der Waals surface area contributed by atoms with Crippen LogP contribution in [-0.4, -0.2) is 67.7 Å². The van der Waals surface area contributed by atoms with E-state index in [4.69, 9.17) is 4.74 Å². The first-order valence-electron chi connectivity index (χ1n) is 9.50. The molecular weight excluding hydrogens is 314 g/mol. The molecule has 0 aliphatic carbocycles. The molecule has 0 bridgehead atoms. The monoisotopic (exact) mass is 345 g/mol. The number of rotatable bonds is 7. The predicted molar refractivity (Wildman–Crippen MR) is 99.2 cm³/mol. The Bertz CT molecular complexity index is 541. The van der Waals surface area contributed by atoms with E-state index in [1.807, 2.05) is 18.2 Å². The van der Waals surface area contributed by atoms with Crippen molar-refractivity contribution in [2.75, 3.05) is 45.9 Å². The van der Waals surface area contributed by atoms with Gasteiger partial charge in [0.1, 0.15) is 0 Å². The van der Waals surface area contributed by atoms with Crippen molar-refractivity contribution in [1.82, 2.24) is 15.1 Å². The summed E-state index contributed by atoms with van der Waals surface area (Å²) >= 11 is 0. The highest BCUT2D eigenvalue weighted by Crippen LogP contribution is 2.22. The zero-order chi connectivity index (χ0) is 17.6. The van der Waals surface area contributed by atoms with E-state index < -0.39 is 0 Å². The molecule has 1 N–H and O–H groups in total. The first-order chi connectivity index (χ1) is 12.1. The van der Waals surface area contributed by atoms with Gasteiger partial charge in [0, 0.05) is 38.1 Å². The SMILES string of the molecule is CC(C(=O)N(Cc1ccccc1)C(C)CN1CCOCC1)C1CNC1. The van der Waals surface area contributed by atoms with Crippen LogP contribution in [0.1, 0.15) is 19.4 Å². The fourth-order valence-corrected chi connectivity index (χ4v) is 3.61. The van der Waals surface area contributed by atoms with Gasteiger partial charge in [-0.25, -0.2) is 0 Å². The Kier molecular flexibility index (Phi) is 6.45. The summed E-state index contributed by atoms with van der Waals surface area (Å²) in [5.74, 6) is 0.842. The molecule has 3 rings (SSSR count). The van der Waals surface area contributed by atoms with Gasteiger partial charge in [-0.05, 0) is 31.5 Å². The number of morpholine rings is 1. The van der Waals surface area contributed by atoms with Gasteiger partial charge in [0.05, 0.1) is 13.2 Å². The second-order valence-electron chi connectivity index (χ2n) is 7.42. The third-order valence-electron chi connectivity index (χ3n) is 5.55. The van der Waals surface area contributed by atoms with Crippen LogP contribution in [0.15, 0.2) is 30.3 Å². The number of nitrogens with one attached hydrogen (secondary N) is 1. The van der Waals surface area contributed by atoms with Crippen molar-refractivity contribution < 1.29 is 9.53 Å². The molecule has 2 heterocycles. The number of hydrogen-bond acceptors (Lipinski definition) is 4. The maximum absolute atomic E-state index is 13.2. The van der Waals surface area contributed by atoms with Gasteiger partial charge in [0.2, 0.25) is 5.91 Å². The summed E-state index contributed by atoms with van der Waals surface area (Å²) < 4.78 is 5.45. The van der Waals surface area contributed by atoms with Crippen molar-refractivity contribution in [2.24, 2.45) is 11.8 Å². The fourth-order valence-electron chi connectivity index (χ4n) is 3.61. The molecule has 1 aromatic carbocycles. The summed E-state index contributed by atoms with van der Waals surface area (Å²) in [4.78, 5) is 17.7. The lowest BCUT2D eigenvalue weighted by atomic mass is 9.87. The zero-order valence-electron chi connectivity index (χ0n) is 15.5. The molecule has 2 atom stereocenters. The van der Waals surface area contributed by atoms with Crippen molar-refractivity contribution in [3.8, 4) is 0 Å². The van der Waals surface area contributed by atoms with Gasteiger partial charge in [-0.2, -0.15) is 0 Å². The molecule has 5 heteroatoms. The second-order valence-corrected chi connectivity index (χ2v) is 7.42. The lowest BCUT2D eigenvalue weighted by molar-refractivity contribution is -0.140. The van der Waals surface area contributed by atoms with E-state index in [-0.39, 0.29) is 17.9 Å². The Balaban J connectivity index is 1.69. The van der Waals surface area contributed by atoms with Gasteiger partial charge >= 0.3 is 0 Å². The van der Waals surface area contributed by atoms with E-state index in [1.54, 1.807) is 0 Å². The minimum absolute atomic E-state index is 0.0806. The summed E-state index contributed by atoms with van der Waals surface area (Å²) in [6.07, 6.45) is 0. The average molecular weight is 345 g/mol. The predicted octanol–water partition coefficient (Wildman–Crippen LogP) is 1.59. The minimum atomic E-state index is 0.0806. The number of nitrogens with zero attached hydrogens (tertiary/aromatic N) is 2. The molecule has 0 radical (unpaired) electrons. The van der Waals surface area contributed by atoms with Gasteiger partial charge in [-0.15, -0.1) is 0 Å². The molecule has 138 valence electrons. The topological polar surface area (TPSA) is 44.8 Å². The molecule has 1 aromatic rings. The molecule has 5 nitrogen and oxygen atoms in total. The minimum Gasteiger partial charge on any atom is -0.379 e. The molecule has 0 spiro atoms. The zero-order valence-corrected chi connectivity index (χ0v) is 15.5. The van der Waals surface area contributed by atoms with Crippen LogP contribution in [0.25, 0.3) is 0 Å². The lowest BCUT2D eigenvalue weighted by Gasteiger charge is -2.39. The largest absolute Gasteiger partial charge is 0.379 e. The van der Waals surface area contributed by atoms with E-state index >= 15 is 0 Å². The number of ether oxygens (including phenoxy) is 1. The highest BCUT2D eigenvalue weighted by molar-refractivity contribution is 5.79. The molecule has 2 aliphatic heterocycles. The van der Waals surface area contributed by atoms with Crippen molar-refractivity contribution in [3.05, 3.63) is 35.9 Å². The van der Waals surface area contributed by atoms with E-state index in [1.165, 1.54) is 5.56 Å². The van der Waals surface area contributed by atoms with Crippen LogP contribution in [0, 0.1) is 11.8 Å². The fraction of sp³-hybridized carbons (Fsp3) is 0.650. The van der Waals surface area contributed by atoms with Crippen molar-refractivity contribution in [2.45, 2.75) is 26.4 Å². The highest BCUT2D eigenvalue weighted by Gasteiger charge is 2.33. The highest BCUT2D eigenvalue weighted by atomic mass is 16.5. The standard InChI is InChI=1S/C20H31N3O2/c1-16(14-22-8-10-25-11-9-22)23(15-18-6-4-3-5-7-18)20(24)17(2)19-12-21-13-19/h3-7,16-17,19,21H,8-15H2,1-2H3. The van der Waals surface area contributed by atoms with Crippen LogP contribution in [0.3, 0.4) is 0 Å². The number of carbonyl (C=O) groups excluding carboxylic acids is 1. The Morgan fingerprint density at radius 3 is 2.52 bits per heavy atom. The van der Waals surface area contributed by atoms with E-state index in [0.29, 0.717) is 12.5 Å². The summed E-state index contributed by atoms with van der Waals surface area (Å²) in [7, 11) is 0. The Hall–Kier alpha value is -1.43. The number of hydrogen-bond donors (Lipinski definition) is 1. The first-order valence-corrected chi connectivity index (χ1v) is 9.50. The molecule has 0 aromatic heterocycles. The van der Waals surface area contributed by atoms with Crippen LogP contribution in [-0.2, 0) is 16.1 Å². The average Bonchev–Trinajstić information content (AvgIpc) is 2.59. The smallest absolute Gasteiger partial charge is 0.226 e. The van der Waals surface area contributed by atoms with Crippen LogP contribution >= 0.6 is 0 Å². The normalized spacial score (nSPS) is 21.4. The summed E-state index contributed by atoms with van der Waals surface area (Å²) in [6.45, 7) is 11.3. The summed E-state index contributed by atoms with van der Waals surface area (Å²) in [6, 6.07) is 10.5. The molecule has 2 unspecified atom stereocenters. The molecule has 1 amide bonds. The maximum Gasteiger partial charge on any atom is 0.226 e. The van der Waals surface area contributed by atoms with E-state index in [2.05, 4.69) is 41.1 Å². The summed E-state index contributed by atoms with van der Waals surface area (Å²) in [5, 5.41) is 3.29. The molecule has 2 saturated heterocycles. The van der Waals surface area contributed by atoms with Crippen LogP contribution in [0.5, 0.6) is 0 Å². The lowest BCUT2D eigenvalue weighted by Crippen LogP contribution is -2.53. The van der Waals surface area contributed by atoms with Crippen LogP contribution in [0.2, 0.25) is 0 Å².